The summed E-state index contributed by atoms with van der Waals surface area (Å²) in [6, 6.07) is 0. The van der Waals surface area contributed by atoms with Gasteiger partial charge < -0.3 is 5.32 Å². The maximum absolute atomic E-state index is 4.54. The first-order valence-electron chi connectivity index (χ1n) is 5.92. The molecule has 3 heteroatoms. The molecule has 84 valence electrons. The molecule has 0 spiro atoms. The summed E-state index contributed by atoms with van der Waals surface area (Å²) in [5.41, 5.74) is 0.168. The maximum atomic E-state index is 4.54. The van der Waals surface area contributed by atoms with Crippen LogP contribution >= 0.6 is 11.3 Å². The minimum absolute atomic E-state index is 0.168. The average Bonchev–Trinajstić information content (AvgIpc) is 2.82. The molecule has 1 N–H and O–H groups in total. The zero-order chi connectivity index (χ0) is 10.7. The van der Waals surface area contributed by atoms with E-state index >= 15 is 0 Å². The van der Waals surface area contributed by atoms with Gasteiger partial charge in [0.25, 0.3) is 0 Å². The van der Waals surface area contributed by atoms with E-state index < -0.39 is 0 Å². The van der Waals surface area contributed by atoms with Crippen LogP contribution in [0, 0.1) is 5.92 Å². The van der Waals surface area contributed by atoms with Crippen LogP contribution in [0.1, 0.15) is 44.0 Å². The van der Waals surface area contributed by atoms with Gasteiger partial charge >= 0.3 is 0 Å². The van der Waals surface area contributed by atoms with Crippen molar-refractivity contribution >= 4 is 11.3 Å². The van der Waals surface area contributed by atoms with Crippen molar-refractivity contribution in [2.24, 2.45) is 5.92 Å². The van der Waals surface area contributed by atoms with E-state index in [4.69, 9.17) is 0 Å². The van der Waals surface area contributed by atoms with Gasteiger partial charge in [-0.05, 0) is 25.8 Å². The van der Waals surface area contributed by atoms with Crippen molar-refractivity contribution in [1.29, 1.82) is 0 Å². The van der Waals surface area contributed by atoms with Gasteiger partial charge in [-0.2, -0.15) is 0 Å². The normalized spacial score (nSPS) is 31.7. The van der Waals surface area contributed by atoms with Gasteiger partial charge in [-0.3, -0.25) is 0 Å². The molecule has 2 nitrogen and oxygen atoms in total. The Labute approximate surface area is 96.1 Å². The van der Waals surface area contributed by atoms with Gasteiger partial charge in [0, 0.05) is 11.6 Å². The number of nitrogens with one attached hydrogen (secondary N) is 1. The van der Waals surface area contributed by atoms with Crippen LogP contribution in [-0.2, 0) is 5.54 Å². The van der Waals surface area contributed by atoms with Gasteiger partial charge in [0.2, 0.25) is 0 Å². The highest BCUT2D eigenvalue weighted by Crippen LogP contribution is 2.43. The standard InChI is InChI=1S/C12H20N2S/c1-3-10-6-4-5-7-12(10,13-2)11-14-8-9-15-11/h8-10,13H,3-7H2,1-2H3. The van der Waals surface area contributed by atoms with Crippen LogP contribution in [-0.4, -0.2) is 12.0 Å². The fourth-order valence-corrected chi connectivity index (χ4v) is 3.91. The Hall–Kier alpha value is -0.410. The zero-order valence-corrected chi connectivity index (χ0v) is 10.4. The molecule has 1 fully saturated rings. The molecule has 0 bridgehead atoms. The van der Waals surface area contributed by atoms with E-state index in [9.17, 15) is 0 Å². The van der Waals surface area contributed by atoms with Gasteiger partial charge in [0.15, 0.2) is 0 Å². The highest BCUT2D eigenvalue weighted by molar-refractivity contribution is 7.09. The Kier molecular flexibility index (Phi) is 3.42. The lowest BCUT2D eigenvalue weighted by Crippen LogP contribution is -2.48. The predicted molar refractivity (Wildman–Crippen MR) is 65.1 cm³/mol. The molecule has 2 unspecified atom stereocenters. The van der Waals surface area contributed by atoms with Crippen LogP contribution < -0.4 is 5.32 Å². The van der Waals surface area contributed by atoms with E-state index in [0.29, 0.717) is 0 Å². The summed E-state index contributed by atoms with van der Waals surface area (Å²) >= 11 is 1.80. The molecule has 1 saturated carbocycles. The van der Waals surface area contributed by atoms with Crippen molar-refractivity contribution in [2.75, 3.05) is 7.05 Å². The van der Waals surface area contributed by atoms with Crippen LogP contribution in [0.15, 0.2) is 11.6 Å². The first-order chi connectivity index (χ1) is 7.33. The molecule has 1 aliphatic carbocycles. The summed E-state index contributed by atoms with van der Waals surface area (Å²) < 4.78 is 0. The Morgan fingerprint density at radius 3 is 3.07 bits per heavy atom. The van der Waals surface area contributed by atoms with E-state index in [2.05, 4.69) is 29.7 Å². The number of thiazole rings is 1. The first-order valence-corrected chi connectivity index (χ1v) is 6.80. The molecule has 1 aliphatic rings. The van der Waals surface area contributed by atoms with Crippen molar-refractivity contribution in [1.82, 2.24) is 10.3 Å². The smallest absolute Gasteiger partial charge is 0.113 e. The van der Waals surface area contributed by atoms with Crippen molar-refractivity contribution in [3.05, 3.63) is 16.6 Å². The highest BCUT2D eigenvalue weighted by atomic mass is 32.1. The maximum Gasteiger partial charge on any atom is 0.113 e. The summed E-state index contributed by atoms with van der Waals surface area (Å²) in [4.78, 5) is 4.54. The quantitative estimate of drug-likeness (QED) is 0.853. The molecule has 15 heavy (non-hydrogen) atoms. The van der Waals surface area contributed by atoms with Crippen LogP contribution in [0.3, 0.4) is 0 Å². The molecule has 0 aromatic carbocycles. The average molecular weight is 224 g/mol. The van der Waals surface area contributed by atoms with Crippen molar-refractivity contribution < 1.29 is 0 Å². The molecule has 1 heterocycles. The molecule has 0 amide bonds. The number of hydrogen-bond acceptors (Lipinski definition) is 3. The largest absolute Gasteiger partial charge is 0.308 e. The minimum atomic E-state index is 0.168. The monoisotopic (exact) mass is 224 g/mol. The molecule has 1 aromatic rings. The Morgan fingerprint density at radius 1 is 1.60 bits per heavy atom. The number of nitrogens with zero attached hydrogens (tertiary/aromatic N) is 1. The van der Waals surface area contributed by atoms with E-state index in [1.807, 2.05) is 6.20 Å². The number of aromatic nitrogens is 1. The Balaban J connectivity index is 2.32. The number of rotatable bonds is 3. The van der Waals surface area contributed by atoms with E-state index in [-0.39, 0.29) is 5.54 Å². The van der Waals surface area contributed by atoms with Crippen LogP contribution in [0.5, 0.6) is 0 Å². The van der Waals surface area contributed by atoms with Gasteiger partial charge in [0.05, 0.1) is 5.54 Å². The van der Waals surface area contributed by atoms with E-state index in [1.54, 1.807) is 11.3 Å². The zero-order valence-electron chi connectivity index (χ0n) is 9.62. The van der Waals surface area contributed by atoms with Gasteiger partial charge in [-0.25, -0.2) is 4.98 Å². The topological polar surface area (TPSA) is 24.9 Å². The molecule has 0 aliphatic heterocycles. The second kappa shape index (κ2) is 4.62. The molecule has 0 radical (unpaired) electrons. The van der Waals surface area contributed by atoms with E-state index in [0.717, 1.165) is 5.92 Å². The molecular weight excluding hydrogens is 204 g/mol. The predicted octanol–water partition coefficient (Wildman–Crippen LogP) is 3.16. The lowest BCUT2D eigenvalue weighted by Gasteiger charge is -2.42. The lowest BCUT2D eigenvalue weighted by atomic mass is 9.72. The number of hydrogen-bond donors (Lipinski definition) is 1. The van der Waals surface area contributed by atoms with Crippen molar-refractivity contribution in [2.45, 2.75) is 44.6 Å². The fourth-order valence-electron chi connectivity index (χ4n) is 2.96. The van der Waals surface area contributed by atoms with Crippen molar-refractivity contribution in [3.8, 4) is 0 Å². The Bertz CT molecular complexity index is 297. The molecule has 2 atom stereocenters. The second-order valence-corrected chi connectivity index (χ2v) is 5.30. The van der Waals surface area contributed by atoms with Crippen LogP contribution in [0.4, 0.5) is 0 Å². The molecular formula is C12H20N2S. The first kappa shape index (κ1) is 11.1. The molecule has 1 aromatic heterocycles. The summed E-state index contributed by atoms with van der Waals surface area (Å²) in [5, 5.41) is 6.95. The van der Waals surface area contributed by atoms with Gasteiger partial charge in [-0.1, -0.05) is 26.2 Å². The highest BCUT2D eigenvalue weighted by Gasteiger charge is 2.41. The third-order valence-corrected chi connectivity index (χ3v) is 4.77. The minimum Gasteiger partial charge on any atom is -0.308 e. The summed E-state index contributed by atoms with van der Waals surface area (Å²) in [6.45, 7) is 2.30. The SMILES string of the molecule is CCC1CCCCC1(NC)c1nccs1. The Morgan fingerprint density at radius 2 is 2.47 bits per heavy atom. The molecule has 0 saturated heterocycles. The third-order valence-electron chi connectivity index (χ3n) is 3.82. The fraction of sp³-hybridized carbons (Fsp3) is 0.750. The van der Waals surface area contributed by atoms with E-state index in [1.165, 1.54) is 37.1 Å². The lowest BCUT2D eigenvalue weighted by molar-refractivity contribution is 0.145. The third kappa shape index (κ3) is 1.83. The summed E-state index contributed by atoms with van der Waals surface area (Å²) in [7, 11) is 2.09. The van der Waals surface area contributed by atoms with Gasteiger partial charge in [0.1, 0.15) is 5.01 Å². The summed E-state index contributed by atoms with van der Waals surface area (Å²) in [6.07, 6.45) is 8.48. The molecule has 2 rings (SSSR count). The van der Waals surface area contributed by atoms with Gasteiger partial charge in [-0.15, -0.1) is 11.3 Å². The summed E-state index contributed by atoms with van der Waals surface area (Å²) in [5.74, 6) is 0.752. The van der Waals surface area contributed by atoms with Crippen molar-refractivity contribution in [3.63, 3.8) is 0 Å². The van der Waals surface area contributed by atoms with Crippen LogP contribution in [0.25, 0.3) is 0 Å². The van der Waals surface area contributed by atoms with Crippen LogP contribution in [0.2, 0.25) is 0 Å². The second-order valence-electron chi connectivity index (χ2n) is 4.41.